The zero-order chi connectivity index (χ0) is 9.68. The molecule has 0 spiro atoms. The summed E-state index contributed by atoms with van der Waals surface area (Å²) in [5.41, 5.74) is 5.01. The molecule has 0 aliphatic carbocycles. The third-order valence-corrected chi connectivity index (χ3v) is 2.60. The lowest BCUT2D eigenvalue weighted by Gasteiger charge is -2.09. The van der Waals surface area contributed by atoms with Gasteiger partial charge in [-0.1, -0.05) is 0 Å². The van der Waals surface area contributed by atoms with Crippen LogP contribution in [-0.4, -0.2) is 17.4 Å². The lowest BCUT2D eigenvalue weighted by Crippen LogP contribution is -2.24. The summed E-state index contributed by atoms with van der Waals surface area (Å²) < 4.78 is 0. The smallest absolute Gasteiger partial charge is 0.218 e. The predicted molar refractivity (Wildman–Crippen MR) is 52.3 cm³/mol. The molecular weight excluding hydrogens is 186 g/mol. The van der Waals surface area contributed by atoms with Gasteiger partial charge in [0.1, 0.15) is 5.01 Å². The fourth-order valence-corrected chi connectivity index (χ4v) is 1.62. The Morgan fingerprint density at radius 3 is 3.15 bits per heavy atom. The number of thiazole rings is 1. The van der Waals surface area contributed by atoms with Crippen molar-refractivity contribution in [2.24, 2.45) is 5.73 Å². The van der Waals surface area contributed by atoms with Crippen LogP contribution in [0.3, 0.4) is 0 Å². The minimum absolute atomic E-state index is 0.194. The number of amides is 1. The number of aromatic nitrogens is 1. The van der Waals surface area contributed by atoms with Crippen molar-refractivity contribution >= 4 is 17.2 Å². The molecular formula is C8H13N3OS. The van der Waals surface area contributed by atoms with Gasteiger partial charge in [0.05, 0.1) is 6.04 Å². The van der Waals surface area contributed by atoms with Crippen LogP contribution in [0.2, 0.25) is 0 Å². The SMILES string of the molecule is CC(NCCC(N)=O)c1nccs1. The van der Waals surface area contributed by atoms with Gasteiger partial charge < -0.3 is 11.1 Å². The summed E-state index contributed by atoms with van der Waals surface area (Å²) in [4.78, 5) is 14.6. The zero-order valence-corrected chi connectivity index (χ0v) is 8.30. The maximum absolute atomic E-state index is 10.4. The van der Waals surface area contributed by atoms with Gasteiger partial charge in [-0.05, 0) is 6.92 Å². The molecule has 0 aliphatic rings. The number of nitrogens with zero attached hydrogens (tertiary/aromatic N) is 1. The Kier molecular flexibility index (Phi) is 3.85. The Morgan fingerprint density at radius 2 is 2.62 bits per heavy atom. The summed E-state index contributed by atoms with van der Waals surface area (Å²) in [6.07, 6.45) is 2.14. The van der Waals surface area contributed by atoms with Gasteiger partial charge >= 0.3 is 0 Å². The van der Waals surface area contributed by atoms with Crippen LogP contribution in [0.4, 0.5) is 0 Å². The molecule has 1 unspecified atom stereocenters. The van der Waals surface area contributed by atoms with E-state index in [2.05, 4.69) is 10.3 Å². The molecule has 1 aromatic rings. The third-order valence-electron chi connectivity index (χ3n) is 1.64. The van der Waals surface area contributed by atoms with Crippen LogP contribution < -0.4 is 11.1 Å². The summed E-state index contributed by atoms with van der Waals surface area (Å²) in [6, 6.07) is 0.194. The van der Waals surface area contributed by atoms with Gasteiger partial charge in [0, 0.05) is 24.5 Å². The van der Waals surface area contributed by atoms with Crippen LogP contribution in [0.1, 0.15) is 24.4 Å². The highest BCUT2D eigenvalue weighted by Gasteiger charge is 2.06. The van der Waals surface area contributed by atoms with E-state index >= 15 is 0 Å². The maximum atomic E-state index is 10.4. The Morgan fingerprint density at radius 1 is 1.85 bits per heavy atom. The van der Waals surface area contributed by atoms with Crippen molar-refractivity contribution in [2.75, 3.05) is 6.54 Å². The van der Waals surface area contributed by atoms with E-state index in [1.54, 1.807) is 17.5 Å². The quantitative estimate of drug-likeness (QED) is 0.732. The monoisotopic (exact) mass is 199 g/mol. The number of hydrogen-bond acceptors (Lipinski definition) is 4. The molecule has 5 heteroatoms. The molecule has 0 aliphatic heterocycles. The average Bonchev–Trinajstić information content (AvgIpc) is 2.55. The first kappa shape index (κ1) is 10.1. The molecule has 0 saturated carbocycles. The van der Waals surface area contributed by atoms with Crippen molar-refractivity contribution in [2.45, 2.75) is 19.4 Å². The van der Waals surface area contributed by atoms with Crippen LogP contribution in [0, 0.1) is 0 Å². The molecule has 1 amide bonds. The number of hydrogen-bond donors (Lipinski definition) is 2. The first-order valence-electron chi connectivity index (χ1n) is 4.11. The second-order valence-electron chi connectivity index (χ2n) is 2.76. The highest BCUT2D eigenvalue weighted by atomic mass is 32.1. The molecule has 0 bridgehead atoms. The van der Waals surface area contributed by atoms with Gasteiger partial charge in [0.2, 0.25) is 5.91 Å². The summed E-state index contributed by atoms with van der Waals surface area (Å²) in [6.45, 7) is 2.62. The summed E-state index contributed by atoms with van der Waals surface area (Å²) in [5.74, 6) is -0.279. The topological polar surface area (TPSA) is 68.0 Å². The summed E-state index contributed by atoms with van der Waals surface area (Å²) in [5, 5.41) is 6.13. The molecule has 0 aromatic carbocycles. The van der Waals surface area contributed by atoms with Crippen molar-refractivity contribution in [1.29, 1.82) is 0 Å². The number of carbonyl (C=O) groups excluding carboxylic acids is 1. The van der Waals surface area contributed by atoms with Gasteiger partial charge in [0.25, 0.3) is 0 Å². The Bertz CT molecular complexity index is 260. The van der Waals surface area contributed by atoms with Crippen LogP contribution in [-0.2, 0) is 4.79 Å². The molecule has 1 rings (SSSR count). The Balaban J connectivity index is 2.26. The molecule has 1 heterocycles. The summed E-state index contributed by atoms with van der Waals surface area (Å²) >= 11 is 1.60. The minimum atomic E-state index is -0.279. The lowest BCUT2D eigenvalue weighted by atomic mass is 10.3. The van der Waals surface area contributed by atoms with Crippen molar-refractivity contribution in [3.8, 4) is 0 Å². The molecule has 72 valence electrons. The van der Waals surface area contributed by atoms with E-state index in [1.165, 1.54) is 0 Å². The highest BCUT2D eigenvalue weighted by Crippen LogP contribution is 2.13. The minimum Gasteiger partial charge on any atom is -0.370 e. The summed E-state index contributed by atoms with van der Waals surface area (Å²) in [7, 11) is 0. The van der Waals surface area contributed by atoms with Crippen LogP contribution in [0.15, 0.2) is 11.6 Å². The number of carbonyl (C=O) groups is 1. The Hall–Kier alpha value is -0.940. The zero-order valence-electron chi connectivity index (χ0n) is 7.49. The first-order chi connectivity index (χ1) is 6.20. The molecule has 0 radical (unpaired) electrons. The first-order valence-corrected chi connectivity index (χ1v) is 4.99. The standard InChI is InChI=1S/C8H13N3OS/c1-6(8-11-4-5-13-8)10-3-2-7(9)12/h4-6,10H,2-3H2,1H3,(H2,9,12). The van der Waals surface area contributed by atoms with Gasteiger partial charge in [0.15, 0.2) is 0 Å². The second kappa shape index (κ2) is 4.94. The fourth-order valence-electron chi connectivity index (χ4n) is 0.948. The van der Waals surface area contributed by atoms with Crippen molar-refractivity contribution < 1.29 is 4.79 Å². The maximum Gasteiger partial charge on any atom is 0.218 e. The molecule has 1 atom stereocenters. The van der Waals surface area contributed by atoms with Gasteiger partial charge in [-0.25, -0.2) is 4.98 Å². The Labute approximate surface area is 81.2 Å². The van der Waals surface area contributed by atoms with Gasteiger partial charge in [-0.3, -0.25) is 4.79 Å². The molecule has 13 heavy (non-hydrogen) atoms. The van der Waals surface area contributed by atoms with Gasteiger partial charge in [-0.15, -0.1) is 11.3 Å². The predicted octanol–water partition coefficient (Wildman–Crippen LogP) is 0.669. The van der Waals surface area contributed by atoms with Crippen LogP contribution in [0.25, 0.3) is 0 Å². The normalized spacial score (nSPS) is 12.7. The number of primary amides is 1. The molecule has 3 N–H and O–H groups in total. The third kappa shape index (κ3) is 3.52. The van der Waals surface area contributed by atoms with E-state index in [1.807, 2.05) is 12.3 Å². The molecule has 4 nitrogen and oxygen atoms in total. The van der Waals surface area contributed by atoms with Crippen LogP contribution in [0.5, 0.6) is 0 Å². The average molecular weight is 199 g/mol. The molecule has 0 saturated heterocycles. The lowest BCUT2D eigenvalue weighted by molar-refractivity contribution is -0.117. The second-order valence-corrected chi connectivity index (χ2v) is 3.69. The van der Waals surface area contributed by atoms with E-state index in [0.29, 0.717) is 13.0 Å². The fraction of sp³-hybridized carbons (Fsp3) is 0.500. The molecule has 0 fully saturated rings. The van der Waals surface area contributed by atoms with E-state index < -0.39 is 0 Å². The highest BCUT2D eigenvalue weighted by molar-refractivity contribution is 7.09. The van der Waals surface area contributed by atoms with Crippen molar-refractivity contribution in [1.82, 2.24) is 10.3 Å². The van der Waals surface area contributed by atoms with Crippen molar-refractivity contribution in [3.63, 3.8) is 0 Å². The van der Waals surface area contributed by atoms with Crippen molar-refractivity contribution in [3.05, 3.63) is 16.6 Å². The number of nitrogens with two attached hydrogens (primary N) is 1. The van der Waals surface area contributed by atoms with Gasteiger partial charge in [-0.2, -0.15) is 0 Å². The van der Waals surface area contributed by atoms with Crippen LogP contribution >= 0.6 is 11.3 Å². The van der Waals surface area contributed by atoms with E-state index in [0.717, 1.165) is 5.01 Å². The van der Waals surface area contributed by atoms with E-state index in [4.69, 9.17) is 5.73 Å². The van der Waals surface area contributed by atoms with E-state index in [9.17, 15) is 4.79 Å². The molecule has 1 aromatic heterocycles. The van der Waals surface area contributed by atoms with E-state index in [-0.39, 0.29) is 11.9 Å². The largest absolute Gasteiger partial charge is 0.370 e. The number of rotatable bonds is 5. The number of nitrogens with one attached hydrogen (secondary N) is 1.